The highest BCUT2D eigenvalue weighted by Gasteiger charge is 2.38. The Kier molecular flexibility index (Phi) is 19.4. The van der Waals surface area contributed by atoms with Gasteiger partial charge in [-0.2, -0.15) is 0 Å². The fourth-order valence-electron chi connectivity index (χ4n) is 11.3. The molecule has 3 unspecified atom stereocenters. The zero-order valence-corrected chi connectivity index (χ0v) is 52.1. The number of likely N-dealkylation sites (tertiary alicyclic amines) is 1. The summed E-state index contributed by atoms with van der Waals surface area (Å²) in [5, 5.41) is 12.6. The zero-order valence-electron chi connectivity index (χ0n) is 49.9. The number of ether oxygens (including phenoxy) is 5. The van der Waals surface area contributed by atoms with E-state index in [1.807, 2.05) is 90.1 Å². The minimum absolute atomic E-state index is 0.112. The lowest BCUT2D eigenvalue weighted by molar-refractivity contribution is -0.124. The lowest BCUT2D eigenvalue weighted by Crippen LogP contribution is -2.41. The van der Waals surface area contributed by atoms with Gasteiger partial charge in [-0.05, 0) is 170 Å². The van der Waals surface area contributed by atoms with Crippen LogP contribution in [0.4, 0.5) is 39.8 Å². The number of nitrogens with zero attached hydrogens (tertiary/aromatic N) is 2. The number of para-hydroxylation sites is 3. The van der Waals surface area contributed by atoms with Crippen molar-refractivity contribution < 1.29 is 60.8 Å². The second-order valence-electron chi connectivity index (χ2n) is 24.3. The maximum Gasteiger partial charge on any atom is 0.410 e. The molecule has 16 nitrogen and oxygen atoms in total. The van der Waals surface area contributed by atoms with E-state index in [1.165, 1.54) is 42.5 Å². The molecule has 3 atom stereocenters. The Bertz CT molecular complexity index is 3730. The molecule has 0 spiro atoms. The van der Waals surface area contributed by atoms with E-state index < -0.39 is 58.8 Å². The molecule has 468 valence electrons. The van der Waals surface area contributed by atoms with Crippen molar-refractivity contribution in [3.8, 4) is 17.2 Å². The first kappa shape index (κ1) is 64.0. The molecule has 6 aromatic rings. The average Bonchev–Trinajstić information content (AvgIpc) is 1.46. The predicted octanol–water partition coefficient (Wildman–Crippen LogP) is 15.3. The highest BCUT2D eigenvalue weighted by Crippen LogP contribution is 2.47. The van der Waals surface area contributed by atoms with Gasteiger partial charge in [-0.3, -0.25) is 14.4 Å². The number of anilines is 3. The number of halogens is 6. The van der Waals surface area contributed by atoms with Gasteiger partial charge in [0.1, 0.15) is 40.2 Å². The van der Waals surface area contributed by atoms with E-state index in [4.69, 9.17) is 58.5 Å². The second-order valence-corrected chi connectivity index (χ2v) is 25.6. The molecule has 6 aromatic carbocycles. The van der Waals surface area contributed by atoms with Crippen molar-refractivity contribution in [3.05, 3.63) is 181 Å². The summed E-state index contributed by atoms with van der Waals surface area (Å²) < 4.78 is 72.3. The number of benzene rings is 6. The number of rotatable bonds is 6. The van der Waals surface area contributed by atoms with Crippen molar-refractivity contribution in [1.29, 1.82) is 0 Å². The molecular formula is C67H68Cl3F3N6O10. The third kappa shape index (κ3) is 15.2. The Morgan fingerprint density at radius 1 is 0.506 bits per heavy atom. The lowest BCUT2D eigenvalue weighted by atomic mass is 9.88. The Morgan fingerprint density at radius 2 is 0.899 bits per heavy atom. The van der Waals surface area contributed by atoms with E-state index in [0.717, 1.165) is 67.1 Å². The Hall–Kier alpha value is -7.97. The van der Waals surface area contributed by atoms with Crippen LogP contribution < -0.4 is 35.5 Å². The fraction of sp³-hybridized carbons (Fsp3) is 0.358. The number of amides is 5. The highest BCUT2D eigenvalue weighted by atomic mass is 35.5. The molecule has 6 heterocycles. The molecule has 2 saturated heterocycles. The number of hydrogen-bond donors (Lipinski definition) is 4. The summed E-state index contributed by atoms with van der Waals surface area (Å²) in [4.78, 5) is 65.7. The summed E-state index contributed by atoms with van der Waals surface area (Å²) >= 11 is 17.5. The van der Waals surface area contributed by atoms with Gasteiger partial charge in [0, 0.05) is 63.5 Å². The van der Waals surface area contributed by atoms with Crippen LogP contribution in [0, 0.1) is 17.5 Å². The molecule has 12 rings (SSSR count). The molecular weight excluding hydrogens is 1210 g/mol. The van der Waals surface area contributed by atoms with Gasteiger partial charge in [0.2, 0.25) is 18.3 Å². The van der Waals surface area contributed by atoms with Gasteiger partial charge in [0.15, 0.2) is 5.75 Å². The number of carbonyl (C=O) groups is 5. The molecule has 22 heteroatoms. The van der Waals surface area contributed by atoms with Gasteiger partial charge < -0.3 is 54.8 Å². The molecule has 0 aliphatic carbocycles. The number of carbonyl (C=O) groups excluding carboxylic acids is 5. The molecule has 6 aliphatic rings. The van der Waals surface area contributed by atoms with Crippen LogP contribution in [0.3, 0.4) is 0 Å². The summed E-state index contributed by atoms with van der Waals surface area (Å²) in [6.07, 6.45) is 2.08. The van der Waals surface area contributed by atoms with Gasteiger partial charge >= 0.3 is 12.2 Å². The maximum absolute atomic E-state index is 14.5. The number of fused-ring (bicyclic) bond motifs is 3. The van der Waals surface area contributed by atoms with Crippen LogP contribution in [-0.2, 0) is 23.9 Å². The Labute approximate surface area is 529 Å². The van der Waals surface area contributed by atoms with Crippen molar-refractivity contribution in [2.75, 3.05) is 55.2 Å². The molecule has 89 heavy (non-hydrogen) atoms. The molecule has 0 aromatic heterocycles. The summed E-state index contributed by atoms with van der Waals surface area (Å²) in [5.41, 5.74) is 4.85. The molecule has 0 saturated carbocycles. The van der Waals surface area contributed by atoms with Gasteiger partial charge in [-0.25, -0.2) is 22.8 Å². The van der Waals surface area contributed by atoms with E-state index in [-0.39, 0.29) is 55.8 Å². The van der Waals surface area contributed by atoms with Gasteiger partial charge in [-0.1, -0.05) is 95.5 Å². The summed E-state index contributed by atoms with van der Waals surface area (Å²) in [6.45, 7) is 15.0. The van der Waals surface area contributed by atoms with Crippen LogP contribution in [-0.4, -0.2) is 90.2 Å². The van der Waals surface area contributed by atoms with Gasteiger partial charge in [0.25, 0.3) is 17.7 Å². The van der Waals surface area contributed by atoms with Crippen LogP contribution in [0.2, 0.25) is 15.1 Å². The smallest absolute Gasteiger partial charge is 0.410 e. The first-order valence-electron chi connectivity index (χ1n) is 29.4. The van der Waals surface area contributed by atoms with Crippen LogP contribution in [0.15, 0.2) is 115 Å². The first-order valence-corrected chi connectivity index (χ1v) is 30.5. The van der Waals surface area contributed by atoms with E-state index >= 15 is 0 Å². The van der Waals surface area contributed by atoms with Crippen LogP contribution in [0.5, 0.6) is 17.2 Å². The third-order valence-electron chi connectivity index (χ3n) is 15.6. The van der Waals surface area contributed by atoms with E-state index in [1.54, 1.807) is 28.0 Å². The van der Waals surface area contributed by atoms with Crippen molar-refractivity contribution >= 4 is 87.3 Å². The molecule has 4 N–H and O–H groups in total. The topological polar surface area (TPSA) is 186 Å². The van der Waals surface area contributed by atoms with Crippen LogP contribution >= 0.6 is 34.8 Å². The first-order chi connectivity index (χ1) is 42.4. The lowest BCUT2D eigenvalue weighted by Gasteiger charge is -2.35. The van der Waals surface area contributed by atoms with Crippen molar-refractivity contribution in [2.24, 2.45) is 0 Å². The normalized spacial score (nSPS) is 19.2. The highest BCUT2D eigenvalue weighted by molar-refractivity contribution is 6.31. The monoisotopic (exact) mass is 1280 g/mol. The molecule has 0 radical (unpaired) electrons. The number of nitrogens with one attached hydrogen (secondary N) is 4. The summed E-state index contributed by atoms with van der Waals surface area (Å²) in [5.74, 6) is -0.852. The number of piperidine rings is 2. The molecule has 2 fully saturated rings. The SMILES string of the molecule is CC(C)(C)OC(=O)N1CC=C(c2cccc3c2OC(c2ccc(Cl)cc2F)C(=O)N3)CC1.CC(C)(C)OC(=O)N1CCC(c2cccc3c2OC(c2ccc(Cl)cc2F)C(=O)N3)CC1.O=C1Nc2cccc(C3CCNCC3)c2OC1c1ccc(Cl)cc1F. The van der Waals surface area contributed by atoms with Crippen molar-refractivity contribution in [3.63, 3.8) is 0 Å². The standard InChI is InChI=1S/C24H26ClFN2O4.C24H24ClFN2O4.C19H18ClFN2O2/c2*1-24(2,3)32-23(30)28-11-9-14(10-12-28)16-5-4-6-19-20(16)31-21(22(29)27-19)17-8-7-15(25)13-18(17)26;20-12-4-5-14(15(21)10-12)18-19(24)23-16-3-1-2-13(17(16)25-18)11-6-8-22-9-7-11/h4-8,13-14,21H,9-12H2,1-3H3,(H,27,29);4-9,13,21H,10-12H2,1-3H3,(H,27,29);1-5,10-11,18,22H,6-9H2,(H,23,24). The van der Waals surface area contributed by atoms with E-state index in [9.17, 15) is 37.1 Å². The summed E-state index contributed by atoms with van der Waals surface area (Å²) in [6, 6.07) is 29.3. The minimum atomic E-state index is -1.14. The van der Waals surface area contributed by atoms with Crippen LogP contribution in [0.1, 0.15) is 137 Å². The quantitative estimate of drug-likeness (QED) is 0.124. The largest absolute Gasteiger partial charge is 0.473 e. The predicted molar refractivity (Wildman–Crippen MR) is 335 cm³/mol. The van der Waals surface area contributed by atoms with Crippen molar-refractivity contribution in [1.82, 2.24) is 15.1 Å². The summed E-state index contributed by atoms with van der Waals surface area (Å²) in [7, 11) is 0. The minimum Gasteiger partial charge on any atom is -0.473 e. The van der Waals surface area contributed by atoms with E-state index in [0.29, 0.717) is 72.8 Å². The van der Waals surface area contributed by atoms with Crippen LogP contribution in [0.25, 0.3) is 5.57 Å². The molecule has 5 amide bonds. The molecule has 0 bridgehead atoms. The average molecular weight is 1280 g/mol. The third-order valence-corrected chi connectivity index (χ3v) is 16.3. The van der Waals surface area contributed by atoms with Gasteiger partial charge in [-0.15, -0.1) is 0 Å². The van der Waals surface area contributed by atoms with Gasteiger partial charge in [0.05, 0.1) is 17.1 Å². The number of hydrogen-bond acceptors (Lipinski definition) is 11. The zero-order chi connectivity index (χ0) is 63.5. The molecule has 6 aliphatic heterocycles. The van der Waals surface area contributed by atoms with Crippen molar-refractivity contribution in [2.45, 2.75) is 115 Å². The Balaban J connectivity index is 0.000000148. The fourth-order valence-corrected chi connectivity index (χ4v) is 11.8. The van der Waals surface area contributed by atoms with E-state index in [2.05, 4.69) is 21.3 Å². The Morgan fingerprint density at radius 3 is 1.30 bits per heavy atom. The second kappa shape index (κ2) is 27.0. The maximum atomic E-state index is 14.5.